The van der Waals surface area contributed by atoms with Crippen molar-refractivity contribution in [3.63, 3.8) is 0 Å². The molecule has 4 aliphatic rings. The minimum Gasteiger partial charge on any atom is -0.381 e. The van der Waals surface area contributed by atoms with E-state index in [2.05, 4.69) is 19.6 Å². The van der Waals surface area contributed by atoms with Crippen LogP contribution < -0.4 is 0 Å². The van der Waals surface area contributed by atoms with E-state index < -0.39 is 0 Å². The number of ether oxygens (including phenoxy) is 3. The number of rotatable bonds is 6. The van der Waals surface area contributed by atoms with Gasteiger partial charge in [0.2, 0.25) is 0 Å². The van der Waals surface area contributed by atoms with E-state index in [1.807, 2.05) is 14.0 Å². The summed E-state index contributed by atoms with van der Waals surface area (Å²) in [5.74, 6) is 3.09. The van der Waals surface area contributed by atoms with Crippen LogP contribution in [0.25, 0.3) is 0 Å². The average Bonchev–Trinajstić information content (AvgIpc) is 3.12. The number of allylic oxidation sites excluding steroid dienone is 1. The number of carbonyl (C=O) groups excluding carboxylic acids is 1. The van der Waals surface area contributed by atoms with Crippen molar-refractivity contribution in [2.75, 3.05) is 21.0 Å². The number of hydrogen-bond donors (Lipinski definition) is 0. The van der Waals surface area contributed by atoms with Crippen LogP contribution in [0.3, 0.4) is 0 Å². The van der Waals surface area contributed by atoms with E-state index in [0.29, 0.717) is 42.2 Å². The SMILES string of the molecule is C=C[C@H]1CC[C@H]2[C@@H]3C[C@@H](OC)[C@H]4C[C@H](OCOC)CC[C@]4(C)[C@H]3CC[C@]12C(C)=O. The molecule has 4 rings (SSSR count). The van der Waals surface area contributed by atoms with Crippen LogP contribution >= 0.6 is 0 Å². The highest BCUT2D eigenvalue weighted by Crippen LogP contribution is 2.68. The maximum atomic E-state index is 13.0. The Morgan fingerprint density at radius 1 is 1.07 bits per heavy atom. The summed E-state index contributed by atoms with van der Waals surface area (Å²) in [7, 11) is 3.57. The van der Waals surface area contributed by atoms with E-state index in [1.165, 1.54) is 19.3 Å². The molecule has 164 valence electrons. The number of ketones is 1. The predicted molar refractivity (Wildman–Crippen MR) is 113 cm³/mol. The first-order valence-corrected chi connectivity index (χ1v) is 11.7. The standard InChI is InChI=1S/C25H40O4/c1-6-17-7-8-21-19-14-23(28-5)22-13-18(29-15-27-4)9-11-24(22,3)20(19)10-12-25(17,21)16(2)26/h6,17-23H,1,7-15H2,2-5H3/t17-,18+,19+,20-,21-,22+,23+,24+,25-/m0/s1. The van der Waals surface area contributed by atoms with E-state index >= 15 is 0 Å². The fourth-order valence-corrected chi connectivity index (χ4v) is 8.55. The molecule has 0 N–H and O–H groups in total. The third-order valence-electron chi connectivity index (χ3n) is 9.85. The van der Waals surface area contributed by atoms with Gasteiger partial charge in [-0.15, -0.1) is 6.58 Å². The first kappa shape index (κ1) is 21.5. The minimum atomic E-state index is -0.164. The van der Waals surface area contributed by atoms with E-state index in [1.54, 1.807) is 7.11 Å². The molecule has 0 spiro atoms. The zero-order valence-corrected chi connectivity index (χ0v) is 18.8. The third kappa shape index (κ3) is 3.16. The van der Waals surface area contributed by atoms with Gasteiger partial charge in [0.25, 0.3) is 0 Å². The molecule has 0 saturated heterocycles. The van der Waals surface area contributed by atoms with E-state index in [0.717, 1.165) is 32.1 Å². The van der Waals surface area contributed by atoms with Crippen molar-refractivity contribution in [1.82, 2.24) is 0 Å². The van der Waals surface area contributed by atoms with Crippen LogP contribution in [0.2, 0.25) is 0 Å². The van der Waals surface area contributed by atoms with Crippen molar-refractivity contribution in [3.05, 3.63) is 12.7 Å². The smallest absolute Gasteiger partial charge is 0.146 e. The van der Waals surface area contributed by atoms with Crippen LogP contribution in [0.15, 0.2) is 12.7 Å². The van der Waals surface area contributed by atoms with Crippen molar-refractivity contribution in [3.8, 4) is 0 Å². The first-order chi connectivity index (χ1) is 13.9. The topological polar surface area (TPSA) is 44.8 Å². The lowest BCUT2D eigenvalue weighted by atomic mass is 9.43. The summed E-state index contributed by atoms with van der Waals surface area (Å²) in [6.45, 7) is 8.85. The summed E-state index contributed by atoms with van der Waals surface area (Å²) in [6, 6.07) is 0. The molecule has 29 heavy (non-hydrogen) atoms. The molecule has 0 bridgehead atoms. The number of hydrogen-bond acceptors (Lipinski definition) is 4. The summed E-state index contributed by atoms with van der Waals surface area (Å²) >= 11 is 0. The van der Waals surface area contributed by atoms with Crippen molar-refractivity contribution in [2.24, 2.45) is 40.4 Å². The lowest BCUT2D eigenvalue weighted by Gasteiger charge is -2.62. The second-order valence-electron chi connectivity index (χ2n) is 10.5. The zero-order chi connectivity index (χ0) is 20.8. The molecule has 4 heteroatoms. The van der Waals surface area contributed by atoms with Gasteiger partial charge in [-0.25, -0.2) is 0 Å². The minimum absolute atomic E-state index is 0.164. The molecule has 0 amide bonds. The molecular weight excluding hydrogens is 364 g/mol. The van der Waals surface area contributed by atoms with Gasteiger partial charge in [-0.05, 0) is 93.3 Å². The quantitative estimate of drug-likeness (QED) is 0.461. The Balaban J connectivity index is 1.63. The molecule has 0 aromatic rings. The molecule has 0 unspecified atom stereocenters. The average molecular weight is 405 g/mol. The largest absolute Gasteiger partial charge is 0.381 e. The molecule has 0 aliphatic heterocycles. The van der Waals surface area contributed by atoms with Gasteiger partial charge < -0.3 is 14.2 Å². The molecular formula is C25H40O4. The normalized spacial score (nSPS) is 49.0. The van der Waals surface area contributed by atoms with Gasteiger partial charge in [0, 0.05) is 19.6 Å². The molecule has 4 fully saturated rings. The molecule has 4 aliphatic carbocycles. The summed E-state index contributed by atoms with van der Waals surface area (Å²) in [5, 5.41) is 0. The highest BCUT2D eigenvalue weighted by molar-refractivity contribution is 5.84. The van der Waals surface area contributed by atoms with Gasteiger partial charge in [0.15, 0.2) is 0 Å². The predicted octanol–water partition coefficient (Wildman–Crippen LogP) is 5.01. The first-order valence-electron chi connectivity index (χ1n) is 11.7. The van der Waals surface area contributed by atoms with Crippen LogP contribution in [0.5, 0.6) is 0 Å². The van der Waals surface area contributed by atoms with Gasteiger partial charge in [-0.1, -0.05) is 13.0 Å². The Bertz CT molecular complexity index is 632. The van der Waals surface area contributed by atoms with Crippen LogP contribution in [0, 0.1) is 40.4 Å². The number of methoxy groups -OCH3 is 2. The van der Waals surface area contributed by atoms with Crippen molar-refractivity contribution in [1.29, 1.82) is 0 Å². The van der Waals surface area contributed by atoms with Gasteiger partial charge in [-0.3, -0.25) is 4.79 Å². The summed E-state index contributed by atoms with van der Waals surface area (Å²) in [4.78, 5) is 13.0. The number of carbonyl (C=O) groups is 1. The summed E-state index contributed by atoms with van der Waals surface area (Å²) < 4.78 is 17.3. The highest BCUT2D eigenvalue weighted by Gasteiger charge is 2.64. The Kier molecular flexibility index (Phi) is 6.00. The van der Waals surface area contributed by atoms with Crippen LogP contribution in [-0.2, 0) is 19.0 Å². The molecule has 0 heterocycles. The van der Waals surface area contributed by atoms with Gasteiger partial charge in [0.05, 0.1) is 12.2 Å². The molecule has 0 radical (unpaired) electrons. The molecule has 0 aromatic carbocycles. The maximum absolute atomic E-state index is 13.0. The van der Waals surface area contributed by atoms with Gasteiger partial charge >= 0.3 is 0 Å². The van der Waals surface area contributed by atoms with Gasteiger partial charge in [0.1, 0.15) is 12.6 Å². The Morgan fingerprint density at radius 3 is 2.52 bits per heavy atom. The van der Waals surface area contributed by atoms with Crippen LogP contribution in [-0.4, -0.2) is 39.0 Å². The van der Waals surface area contributed by atoms with Gasteiger partial charge in [-0.2, -0.15) is 0 Å². The number of Topliss-reactive ketones (excluding diaryl/α,β-unsaturated/α-hetero) is 1. The Morgan fingerprint density at radius 2 is 1.86 bits per heavy atom. The fraction of sp³-hybridized carbons (Fsp3) is 0.880. The monoisotopic (exact) mass is 404 g/mol. The lowest BCUT2D eigenvalue weighted by molar-refractivity contribution is -0.193. The van der Waals surface area contributed by atoms with Crippen LogP contribution in [0.4, 0.5) is 0 Å². The van der Waals surface area contributed by atoms with Crippen molar-refractivity contribution < 1.29 is 19.0 Å². The summed E-state index contributed by atoms with van der Waals surface area (Å²) in [5.41, 5.74) is 0.120. The Labute approximate surface area is 176 Å². The number of fused-ring (bicyclic) bond motifs is 5. The van der Waals surface area contributed by atoms with Crippen molar-refractivity contribution in [2.45, 2.75) is 77.4 Å². The van der Waals surface area contributed by atoms with E-state index in [9.17, 15) is 4.79 Å². The second kappa shape index (κ2) is 8.09. The molecule has 4 saturated carbocycles. The fourth-order valence-electron chi connectivity index (χ4n) is 8.55. The van der Waals surface area contributed by atoms with E-state index in [-0.39, 0.29) is 23.0 Å². The second-order valence-corrected chi connectivity index (χ2v) is 10.5. The Hall–Kier alpha value is -0.710. The molecule has 0 aromatic heterocycles. The summed E-state index contributed by atoms with van der Waals surface area (Å²) in [6.07, 6.45) is 11.6. The molecule has 9 atom stereocenters. The highest BCUT2D eigenvalue weighted by atomic mass is 16.7. The maximum Gasteiger partial charge on any atom is 0.146 e. The zero-order valence-electron chi connectivity index (χ0n) is 18.8. The third-order valence-corrected chi connectivity index (χ3v) is 9.85. The van der Waals surface area contributed by atoms with Crippen LogP contribution in [0.1, 0.15) is 65.2 Å². The van der Waals surface area contributed by atoms with E-state index in [4.69, 9.17) is 14.2 Å². The lowest BCUT2D eigenvalue weighted by Crippen LogP contribution is -2.60. The van der Waals surface area contributed by atoms with Crippen molar-refractivity contribution >= 4 is 5.78 Å². The molecule has 4 nitrogen and oxygen atoms in total.